The van der Waals surface area contributed by atoms with Gasteiger partial charge in [0.15, 0.2) is 6.10 Å². The van der Waals surface area contributed by atoms with Crippen molar-refractivity contribution in [1.29, 1.82) is 0 Å². The minimum atomic E-state index is -0.688. The van der Waals surface area contributed by atoms with Crippen LogP contribution in [0.1, 0.15) is 16.7 Å². The van der Waals surface area contributed by atoms with E-state index in [0.29, 0.717) is 18.8 Å². The lowest BCUT2D eigenvalue weighted by atomic mass is 10.0. The lowest BCUT2D eigenvalue weighted by Gasteiger charge is -2.28. The van der Waals surface area contributed by atoms with Gasteiger partial charge in [0.2, 0.25) is 0 Å². The molecule has 0 aromatic heterocycles. The molecule has 3 aromatic carbocycles. The minimum Gasteiger partial charge on any atom is -0.508 e. The number of phenolic OH excluding ortho intramolecular Hbond substituents is 1. The Bertz CT molecular complexity index is 939. The molecular formula is C26H27NO4. The standard InChI is InChI=1S/C26H27NO4/c1-19-7-13-24(14-8-19)31-25(16-21-9-11-23(28)12-10-21)26(29)27-18-30-17-22(27)15-20-5-3-2-4-6-20/h2-14,22,25,28H,15-18H2,1H3/t22-,25-/m0/s1. The van der Waals surface area contributed by atoms with Crippen molar-refractivity contribution in [2.45, 2.75) is 31.9 Å². The number of benzene rings is 3. The van der Waals surface area contributed by atoms with Crippen LogP contribution in [0.3, 0.4) is 0 Å². The SMILES string of the molecule is Cc1ccc(O[C@@H](Cc2ccc(O)cc2)C(=O)N2COC[C@@H]2Cc2ccccc2)cc1. The molecule has 31 heavy (non-hydrogen) atoms. The second kappa shape index (κ2) is 9.67. The zero-order chi connectivity index (χ0) is 21.6. The first-order valence-corrected chi connectivity index (χ1v) is 10.5. The van der Waals surface area contributed by atoms with Crippen LogP contribution in [0.25, 0.3) is 0 Å². The van der Waals surface area contributed by atoms with Crippen molar-refractivity contribution in [3.8, 4) is 11.5 Å². The molecule has 5 nitrogen and oxygen atoms in total. The number of hydrogen-bond donors (Lipinski definition) is 1. The maximum absolute atomic E-state index is 13.6. The number of carbonyl (C=O) groups excluding carboxylic acids is 1. The number of phenols is 1. The van der Waals surface area contributed by atoms with Crippen molar-refractivity contribution in [3.63, 3.8) is 0 Å². The Balaban J connectivity index is 1.54. The second-order valence-electron chi connectivity index (χ2n) is 7.94. The molecule has 4 rings (SSSR count). The number of hydrogen-bond acceptors (Lipinski definition) is 4. The number of amides is 1. The summed E-state index contributed by atoms with van der Waals surface area (Å²) in [5.74, 6) is 0.761. The zero-order valence-electron chi connectivity index (χ0n) is 17.6. The van der Waals surface area contributed by atoms with Gasteiger partial charge in [0.1, 0.15) is 18.2 Å². The molecule has 1 heterocycles. The topological polar surface area (TPSA) is 59.0 Å². The zero-order valence-corrected chi connectivity index (χ0v) is 17.6. The second-order valence-corrected chi connectivity index (χ2v) is 7.94. The maximum atomic E-state index is 13.6. The predicted molar refractivity (Wildman–Crippen MR) is 119 cm³/mol. The first kappa shape index (κ1) is 20.9. The number of aryl methyl sites for hydroxylation is 1. The summed E-state index contributed by atoms with van der Waals surface area (Å²) in [6.07, 6.45) is 0.456. The van der Waals surface area contributed by atoms with E-state index in [-0.39, 0.29) is 24.4 Å². The number of nitrogens with zero attached hydrogens (tertiary/aromatic N) is 1. The fourth-order valence-electron chi connectivity index (χ4n) is 3.77. The van der Waals surface area contributed by atoms with Gasteiger partial charge in [-0.15, -0.1) is 0 Å². The third-order valence-electron chi connectivity index (χ3n) is 5.51. The van der Waals surface area contributed by atoms with Gasteiger partial charge in [-0.2, -0.15) is 0 Å². The van der Waals surface area contributed by atoms with Gasteiger partial charge >= 0.3 is 0 Å². The van der Waals surface area contributed by atoms with Crippen molar-refractivity contribution in [1.82, 2.24) is 4.90 Å². The van der Waals surface area contributed by atoms with Gasteiger partial charge in [-0.05, 0) is 48.7 Å². The Labute approximate surface area is 182 Å². The molecule has 2 atom stereocenters. The molecule has 0 aliphatic carbocycles. The first-order valence-electron chi connectivity index (χ1n) is 10.5. The van der Waals surface area contributed by atoms with Crippen molar-refractivity contribution in [2.75, 3.05) is 13.3 Å². The molecule has 0 unspecified atom stereocenters. The van der Waals surface area contributed by atoms with E-state index in [9.17, 15) is 9.90 Å². The Hall–Kier alpha value is -3.31. The first-order chi connectivity index (χ1) is 15.1. The largest absolute Gasteiger partial charge is 0.508 e. The van der Waals surface area contributed by atoms with Crippen molar-refractivity contribution in [3.05, 3.63) is 95.6 Å². The summed E-state index contributed by atoms with van der Waals surface area (Å²) in [7, 11) is 0. The minimum absolute atomic E-state index is 0.0289. The normalized spacial score (nSPS) is 16.8. The summed E-state index contributed by atoms with van der Waals surface area (Å²) in [6.45, 7) is 2.79. The van der Waals surface area contributed by atoms with Crippen molar-refractivity contribution >= 4 is 5.91 Å². The van der Waals surface area contributed by atoms with E-state index in [1.54, 1.807) is 17.0 Å². The molecule has 0 bridgehead atoms. The van der Waals surface area contributed by atoms with Gasteiger partial charge < -0.3 is 19.5 Å². The Kier molecular flexibility index (Phi) is 6.53. The molecule has 1 aliphatic rings. The van der Waals surface area contributed by atoms with E-state index in [0.717, 1.165) is 17.5 Å². The molecule has 0 spiro atoms. The van der Waals surface area contributed by atoms with Crippen LogP contribution >= 0.6 is 0 Å². The highest BCUT2D eigenvalue weighted by Gasteiger charge is 2.35. The fraction of sp³-hybridized carbons (Fsp3) is 0.269. The summed E-state index contributed by atoms with van der Waals surface area (Å²) >= 11 is 0. The Morgan fingerprint density at radius 2 is 1.74 bits per heavy atom. The molecule has 0 radical (unpaired) electrons. The number of rotatable bonds is 7. The third-order valence-corrected chi connectivity index (χ3v) is 5.51. The van der Waals surface area contributed by atoms with E-state index in [4.69, 9.17) is 9.47 Å². The summed E-state index contributed by atoms with van der Waals surface area (Å²) in [5, 5.41) is 9.59. The summed E-state index contributed by atoms with van der Waals surface area (Å²) in [6, 6.07) is 24.7. The van der Waals surface area contributed by atoms with Gasteiger partial charge in [-0.25, -0.2) is 0 Å². The smallest absolute Gasteiger partial charge is 0.266 e. The molecular weight excluding hydrogens is 390 g/mol. The summed E-state index contributed by atoms with van der Waals surface area (Å²) in [5.41, 5.74) is 3.22. The third kappa shape index (κ3) is 5.44. The Morgan fingerprint density at radius 3 is 2.45 bits per heavy atom. The van der Waals surface area contributed by atoms with Crippen LogP contribution in [0, 0.1) is 6.92 Å². The molecule has 1 amide bonds. The molecule has 0 saturated carbocycles. The fourth-order valence-corrected chi connectivity index (χ4v) is 3.77. The number of carbonyl (C=O) groups is 1. The molecule has 5 heteroatoms. The van der Waals surface area contributed by atoms with Crippen LogP contribution in [0.4, 0.5) is 0 Å². The van der Waals surface area contributed by atoms with Crippen LogP contribution in [-0.4, -0.2) is 41.4 Å². The van der Waals surface area contributed by atoms with Crippen LogP contribution in [-0.2, 0) is 22.4 Å². The van der Waals surface area contributed by atoms with Crippen LogP contribution in [0.2, 0.25) is 0 Å². The summed E-state index contributed by atoms with van der Waals surface area (Å²) in [4.78, 5) is 15.3. The van der Waals surface area contributed by atoms with E-state index in [1.807, 2.05) is 61.5 Å². The van der Waals surface area contributed by atoms with Gasteiger partial charge in [0.05, 0.1) is 12.6 Å². The quantitative estimate of drug-likeness (QED) is 0.628. The van der Waals surface area contributed by atoms with Crippen LogP contribution in [0.5, 0.6) is 11.5 Å². The molecule has 160 valence electrons. The van der Waals surface area contributed by atoms with Gasteiger partial charge in [0.25, 0.3) is 5.91 Å². The maximum Gasteiger partial charge on any atom is 0.266 e. The van der Waals surface area contributed by atoms with Crippen LogP contribution < -0.4 is 4.74 Å². The Morgan fingerprint density at radius 1 is 1.03 bits per heavy atom. The average Bonchev–Trinajstić information content (AvgIpc) is 3.24. The predicted octanol–water partition coefficient (Wildman–Crippen LogP) is 4.12. The van der Waals surface area contributed by atoms with E-state index >= 15 is 0 Å². The molecule has 1 fully saturated rings. The van der Waals surface area contributed by atoms with Crippen molar-refractivity contribution < 1.29 is 19.4 Å². The molecule has 1 saturated heterocycles. The highest BCUT2D eigenvalue weighted by Crippen LogP contribution is 2.22. The highest BCUT2D eigenvalue weighted by molar-refractivity contribution is 5.82. The van der Waals surface area contributed by atoms with Gasteiger partial charge in [0, 0.05) is 6.42 Å². The number of ether oxygens (including phenoxy) is 2. The average molecular weight is 418 g/mol. The lowest BCUT2D eigenvalue weighted by molar-refractivity contribution is -0.140. The lowest BCUT2D eigenvalue weighted by Crippen LogP contribution is -2.46. The molecule has 1 N–H and O–H groups in total. The van der Waals surface area contributed by atoms with Gasteiger partial charge in [-0.1, -0.05) is 60.2 Å². The molecule has 3 aromatic rings. The van der Waals surface area contributed by atoms with E-state index in [1.165, 1.54) is 5.56 Å². The van der Waals surface area contributed by atoms with E-state index in [2.05, 4.69) is 12.1 Å². The highest BCUT2D eigenvalue weighted by atomic mass is 16.5. The van der Waals surface area contributed by atoms with Crippen molar-refractivity contribution in [2.24, 2.45) is 0 Å². The van der Waals surface area contributed by atoms with E-state index < -0.39 is 6.10 Å². The van der Waals surface area contributed by atoms with Crippen LogP contribution in [0.15, 0.2) is 78.9 Å². The molecule has 1 aliphatic heterocycles. The summed E-state index contributed by atoms with van der Waals surface area (Å²) < 4.78 is 11.8. The monoisotopic (exact) mass is 417 g/mol. The number of aromatic hydroxyl groups is 1. The van der Waals surface area contributed by atoms with Gasteiger partial charge in [-0.3, -0.25) is 4.79 Å².